The van der Waals surface area contributed by atoms with Crippen LogP contribution in [0.4, 0.5) is 0 Å². The molecular formula is C15H24Cl2N2O. The van der Waals surface area contributed by atoms with Gasteiger partial charge in [0.1, 0.15) is 0 Å². The van der Waals surface area contributed by atoms with Crippen LogP contribution in [0.3, 0.4) is 0 Å². The standard InChI is InChI=1S/C15H23ClN2O.ClH/c1-15(2,12-7-4-5-8-13(12)16)11-18-14(19)9-6-10-17-3;/h4-5,7-8,17H,6,9-11H2,1-3H3,(H,18,19);1H. The van der Waals surface area contributed by atoms with Crippen LogP contribution in [0.2, 0.25) is 5.02 Å². The summed E-state index contributed by atoms with van der Waals surface area (Å²) in [5, 5.41) is 6.76. The molecule has 3 nitrogen and oxygen atoms in total. The zero-order chi connectivity index (χ0) is 14.3. The van der Waals surface area contributed by atoms with Gasteiger partial charge in [0, 0.05) is 23.4 Å². The van der Waals surface area contributed by atoms with Gasteiger partial charge in [-0.25, -0.2) is 0 Å². The van der Waals surface area contributed by atoms with Gasteiger partial charge in [-0.05, 0) is 31.6 Å². The molecule has 0 bridgehead atoms. The van der Waals surface area contributed by atoms with Gasteiger partial charge >= 0.3 is 0 Å². The molecule has 0 fully saturated rings. The van der Waals surface area contributed by atoms with Gasteiger partial charge in [0.15, 0.2) is 0 Å². The van der Waals surface area contributed by atoms with Crippen LogP contribution < -0.4 is 10.6 Å². The molecule has 0 aromatic heterocycles. The fraction of sp³-hybridized carbons (Fsp3) is 0.533. The number of halogens is 2. The lowest BCUT2D eigenvalue weighted by atomic mass is 9.84. The Balaban J connectivity index is 0.00000361. The summed E-state index contributed by atoms with van der Waals surface area (Å²) in [6.07, 6.45) is 1.41. The van der Waals surface area contributed by atoms with E-state index >= 15 is 0 Å². The molecule has 1 aromatic carbocycles. The predicted octanol–water partition coefficient (Wildman–Crippen LogP) is 3.16. The maximum atomic E-state index is 11.7. The van der Waals surface area contributed by atoms with Crippen LogP contribution in [-0.2, 0) is 10.2 Å². The third-order valence-electron chi connectivity index (χ3n) is 3.16. The lowest BCUT2D eigenvalue weighted by Gasteiger charge is -2.26. The van der Waals surface area contributed by atoms with E-state index < -0.39 is 0 Å². The van der Waals surface area contributed by atoms with Gasteiger partial charge in [-0.3, -0.25) is 4.79 Å². The number of rotatable bonds is 7. The van der Waals surface area contributed by atoms with Gasteiger partial charge < -0.3 is 10.6 Å². The van der Waals surface area contributed by atoms with Crippen molar-refractivity contribution in [3.63, 3.8) is 0 Å². The summed E-state index contributed by atoms with van der Waals surface area (Å²) in [5.41, 5.74) is 0.893. The Morgan fingerprint density at radius 3 is 2.55 bits per heavy atom. The van der Waals surface area contributed by atoms with Gasteiger partial charge in [0.05, 0.1) is 0 Å². The summed E-state index contributed by atoms with van der Waals surface area (Å²) >= 11 is 6.21. The van der Waals surface area contributed by atoms with E-state index in [9.17, 15) is 4.79 Å². The molecule has 0 aliphatic rings. The highest BCUT2D eigenvalue weighted by Gasteiger charge is 2.23. The Hall–Kier alpha value is -0.770. The Kier molecular flexibility index (Phi) is 8.86. The monoisotopic (exact) mass is 318 g/mol. The fourth-order valence-corrected chi connectivity index (χ4v) is 2.33. The largest absolute Gasteiger partial charge is 0.355 e. The molecule has 5 heteroatoms. The van der Waals surface area contributed by atoms with E-state index in [-0.39, 0.29) is 23.7 Å². The highest BCUT2D eigenvalue weighted by atomic mass is 35.5. The first-order valence-corrected chi connectivity index (χ1v) is 7.01. The number of hydrogen-bond donors (Lipinski definition) is 2. The summed E-state index contributed by atoms with van der Waals surface area (Å²) in [5.74, 6) is 0.0929. The molecule has 0 spiro atoms. The third kappa shape index (κ3) is 6.12. The summed E-state index contributed by atoms with van der Waals surface area (Å²) < 4.78 is 0. The van der Waals surface area contributed by atoms with Gasteiger partial charge in [-0.2, -0.15) is 0 Å². The maximum Gasteiger partial charge on any atom is 0.220 e. The summed E-state index contributed by atoms with van der Waals surface area (Å²) in [4.78, 5) is 11.7. The molecule has 1 aromatic rings. The first-order valence-electron chi connectivity index (χ1n) is 6.63. The second kappa shape index (κ2) is 9.22. The highest BCUT2D eigenvalue weighted by molar-refractivity contribution is 6.31. The van der Waals surface area contributed by atoms with Crippen molar-refractivity contribution in [3.8, 4) is 0 Å². The molecule has 0 atom stereocenters. The van der Waals surface area contributed by atoms with E-state index in [1.165, 1.54) is 0 Å². The van der Waals surface area contributed by atoms with Crippen LogP contribution in [0.15, 0.2) is 24.3 Å². The second-order valence-electron chi connectivity index (χ2n) is 5.35. The first-order chi connectivity index (χ1) is 8.97. The Morgan fingerprint density at radius 2 is 1.95 bits per heavy atom. The minimum absolute atomic E-state index is 0. The average molecular weight is 319 g/mol. The second-order valence-corrected chi connectivity index (χ2v) is 5.75. The Labute approximate surface area is 132 Å². The summed E-state index contributed by atoms with van der Waals surface area (Å²) in [6.45, 7) is 5.63. The first kappa shape index (κ1) is 19.2. The van der Waals surface area contributed by atoms with Crippen molar-refractivity contribution in [2.75, 3.05) is 20.1 Å². The van der Waals surface area contributed by atoms with Gasteiger partial charge in [0.25, 0.3) is 0 Å². The van der Waals surface area contributed by atoms with Crippen molar-refractivity contribution in [1.82, 2.24) is 10.6 Å². The molecule has 2 N–H and O–H groups in total. The van der Waals surface area contributed by atoms with Crippen molar-refractivity contribution < 1.29 is 4.79 Å². The van der Waals surface area contributed by atoms with Gasteiger partial charge in [-0.15, -0.1) is 12.4 Å². The lowest BCUT2D eigenvalue weighted by molar-refractivity contribution is -0.121. The molecule has 0 heterocycles. The minimum atomic E-state index is -0.170. The van der Waals surface area contributed by atoms with E-state index in [1.807, 2.05) is 31.3 Å². The zero-order valence-electron chi connectivity index (χ0n) is 12.3. The van der Waals surface area contributed by atoms with Crippen molar-refractivity contribution in [3.05, 3.63) is 34.9 Å². The van der Waals surface area contributed by atoms with Crippen molar-refractivity contribution in [1.29, 1.82) is 0 Å². The third-order valence-corrected chi connectivity index (χ3v) is 3.49. The normalized spacial score (nSPS) is 10.8. The number of benzene rings is 1. The smallest absolute Gasteiger partial charge is 0.220 e. The summed E-state index contributed by atoms with van der Waals surface area (Å²) in [6, 6.07) is 7.78. The van der Waals surface area contributed by atoms with Crippen molar-refractivity contribution in [2.24, 2.45) is 0 Å². The van der Waals surface area contributed by atoms with Crippen LogP contribution in [0.25, 0.3) is 0 Å². The van der Waals surface area contributed by atoms with Crippen LogP contribution in [0, 0.1) is 0 Å². The van der Waals surface area contributed by atoms with Gasteiger partial charge in [0.2, 0.25) is 5.91 Å². The molecule has 0 radical (unpaired) electrons. The predicted molar refractivity (Wildman–Crippen MR) is 87.9 cm³/mol. The number of carbonyl (C=O) groups is 1. The molecule has 0 saturated carbocycles. The van der Waals surface area contributed by atoms with E-state index in [4.69, 9.17) is 11.6 Å². The van der Waals surface area contributed by atoms with Crippen LogP contribution in [-0.4, -0.2) is 26.0 Å². The molecule has 20 heavy (non-hydrogen) atoms. The van der Waals surface area contributed by atoms with E-state index in [2.05, 4.69) is 24.5 Å². The topological polar surface area (TPSA) is 41.1 Å². The maximum absolute atomic E-state index is 11.7. The highest BCUT2D eigenvalue weighted by Crippen LogP contribution is 2.28. The zero-order valence-corrected chi connectivity index (χ0v) is 13.9. The van der Waals surface area contributed by atoms with E-state index in [0.717, 1.165) is 23.6 Å². The Morgan fingerprint density at radius 1 is 1.30 bits per heavy atom. The molecule has 0 aliphatic heterocycles. The number of carbonyl (C=O) groups excluding carboxylic acids is 1. The molecule has 0 unspecified atom stereocenters. The number of hydrogen-bond acceptors (Lipinski definition) is 2. The molecule has 0 aliphatic carbocycles. The quantitative estimate of drug-likeness (QED) is 0.758. The van der Waals surface area contributed by atoms with Crippen molar-refractivity contribution >= 4 is 29.9 Å². The Bertz CT molecular complexity index is 422. The molecule has 1 amide bonds. The minimum Gasteiger partial charge on any atom is -0.355 e. The van der Waals surface area contributed by atoms with Crippen LogP contribution in [0.5, 0.6) is 0 Å². The fourth-order valence-electron chi connectivity index (χ4n) is 1.94. The van der Waals surface area contributed by atoms with E-state index in [0.29, 0.717) is 13.0 Å². The van der Waals surface area contributed by atoms with Crippen LogP contribution in [0.1, 0.15) is 32.3 Å². The molecular weight excluding hydrogens is 295 g/mol. The van der Waals surface area contributed by atoms with Gasteiger partial charge in [-0.1, -0.05) is 43.6 Å². The molecule has 1 rings (SSSR count). The molecule has 0 saturated heterocycles. The number of amides is 1. The lowest BCUT2D eigenvalue weighted by Crippen LogP contribution is -2.37. The SMILES string of the molecule is CNCCCC(=O)NCC(C)(C)c1ccccc1Cl.Cl. The average Bonchev–Trinajstić information content (AvgIpc) is 2.37. The molecule has 114 valence electrons. The van der Waals surface area contributed by atoms with Crippen molar-refractivity contribution in [2.45, 2.75) is 32.1 Å². The van der Waals surface area contributed by atoms with E-state index in [1.54, 1.807) is 0 Å². The number of nitrogens with one attached hydrogen (secondary N) is 2. The van der Waals surface area contributed by atoms with Crippen LogP contribution >= 0.6 is 24.0 Å². The summed E-state index contributed by atoms with van der Waals surface area (Å²) in [7, 11) is 1.89.